The fourth-order valence-corrected chi connectivity index (χ4v) is 0.885. The minimum absolute atomic E-state index is 0.0539. The number of nitrogens with one attached hydrogen (secondary N) is 1. The highest BCUT2D eigenvalue weighted by molar-refractivity contribution is 6.17. The maximum absolute atomic E-state index is 12.6. The van der Waals surface area contributed by atoms with Crippen LogP contribution in [0.25, 0.3) is 0 Å². The van der Waals surface area contributed by atoms with Gasteiger partial charge in [0.1, 0.15) is 0 Å². The number of hydrogen-bond donors (Lipinski definition) is 1. The van der Waals surface area contributed by atoms with E-state index in [2.05, 4.69) is 0 Å². The molecular formula is C6H7FN2O3. The SMILES string of the molecule is CCN1C(=O)NC(=O)C(F)C1=O. The second kappa shape index (κ2) is 2.88. The molecule has 6 heteroatoms. The number of carbonyl (C=O) groups excluding carboxylic acids is 3. The summed E-state index contributed by atoms with van der Waals surface area (Å²) in [6, 6.07) is -0.860. The summed E-state index contributed by atoms with van der Waals surface area (Å²) in [4.78, 5) is 32.8. The lowest BCUT2D eigenvalue weighted by molar-refractivity contribution is -0.143. The molecule has 0 aliphatic carbocycles. The van der Waals surface area contributed by atoms with E-state index in [1.54, 1.807) is 5.32 Å². The van der Waals surface area contributed by atoms with E-state index in [9.17, 15) is 18.8 Å². The molecule has 1 N–H and O–H groups in total. The Bertz CT molecular complexity index is 253. The van der Waals surface area contributed by atoms with E-state index in [0.717, 1.165) is 0 Å². The van der Waals surface area contributed by atoms with E-state index in [0.29, 0.717) is 4.90 Å². The molecule has 1 atom stereocenters. The Balaban J connectivity index is 2.86. The third-order valence-electron chi connectivity index (χ3n) is 1.50. The van der Waals surface area contributed by atoms with Crippen molar-refractivity contribution < 1.29 is 18.8 Å². The van der Waals surface area contributed by atoms with Crippen molar-refractivity contribution in [2.45, 2.75) is 13.1 Å². The predicted molar refractivity (Wildman–Crippen MR) is 35.8 cm³/mol. The molecule has 0 aromatic rings. The van der Waals surface area contributed by atoms with Crippen LogP contribution in [0.2, 0.25) is 0 Å². The highest BCUT2D eigenvalue weighted by Crippen LogP contribution is 2.05. The van der Waals surface area contributed by atoms with Gasteiger partial charge in [-0.3, -0.25) is 19.8 Å². The number of imide groups is 2. The molecule has 0 aromatic heterocycles. The van der Waals surface area contributed by atoms with Crippen molar-refractivity contribution in [3.05, 3.63) is 0 Å². The Hall–Kier alpha value is -1.46. The van der Waals surface area contributed by atoms with Gasteiger partial charge < -0.3 is 0 Å². The van der Waals surface area contributed by atoms with Crippen LogP contribution in [0, 0.1) is 0 Å². The Kier molecular flexibility index (Phi) is 2.07. The average molecular weight is 174 g/mol. The molecule has 66 valence electrons. The smallest absolute Gasteiger partial charge is 0.275 e. The van der Waals surface area contributed by atoms with E-state index >= 15 is 0 Å². The van der Waals surface area contributed by atoms with Crippen LogP contribution in [-0.2, 0) is 9.59 Å². The lowest BCUT2D eigenvalue weighted by Crippen LogP contribution is -2.58. The molecule has 0 spiro atoms. The van der Waals surface area contributed by atoms with Crippen LogP contribution in [-0.4, -0.2) is 35.5 Å². The van der Waals surface area contributed by atoms with Crippen molar-refractivity contribution in [2.24, 2.45) is 0 Å². The first-order valence-electron chi connectivity index (χ1n) is 3.38. The first-order chi connectivity index (χ1) is 5.57. The van der Waals surface area contributed by atoms with Crippen LogP contribution in [0.1, 0.15) is 6.92 Å². The third kappa shape index (κ3) is 1.15. The van der Waals surface area contributed by atoms with Gasteiger partial charge >= 0.3 is 6.03 Å². The van der Waals surface area contributed by atoms with E-state index in [-0.39, 0.29) is 6.54 Å². The Morgan fingerprint density at radius 2 is 2.08 bits per heavy atom. The van der Waals surface area contributed by atoms with Crippen molar-refractivity contribution in [1.29, 1.82) is 0 Å². The maximum Gasteiger partial charge on any atom is 0.330 e. The van der Waals surface area contributed by atoms with Crippen molar-refractivity contribution >= 4 is 17.8 Å². The summed E-state index contributed by atoms with van der Waals surface area (Å²) in [6.45, 7) is 1.57. The molecule has 1 aliphatic rings. The molecule has 5 nitrogen and oxygen atoms in total. The second-order valence-electron chi connectivity index (χ2n) is 2.24. The van der Waals surface area contributed by atoms with Gasteiger partial charge in [-0.05, 0) is 6.92 Å². The summed E-state index contributed by atoms with van der Waals surface area (Å²) in [5.74, 6) is -2.28. The lowest BCUT2D eigenvalue weighted by Gasteiger charge is -2.24. The van der Waals surface area contributed by atoms with Gasteiger partial charge in [0.2, 0.25) is 0 Å². The van der Waals surface area contributed by atoms with Crippen molar-refractivity contribution in [3.63, 3.8) is 0 Å². The van der Waals surface area contributed by atoms with E-state index in [4.69, 9.17) is 0 Å². The number of rotatable bonds is 1. The molecule has 0 radical (unpaired) electrons. The maximum atomic E-state index is 12.6. The van der Waals surface area contributed by atoms with Crippen LogP contribution in [0.15, 0.2) is 0 Å². The van der Waals surface area contributed by atoms with Gasteiger partial charge in [0.15, 0.2) is 0 Å². The van der Waals surface area contributed by atoms with Gasteiger partial charge in [0, 0.05) is 6.54 Å². The molecule has 1 fully saturated rings. The second-order valence-corrected chi connectivity index (χ2v) is 2.24. The fourth-order valence-electron chi connectivity index (χ4n) is 0.885. The normalized spacial score (nSPS) is 24.3. The quantitative estimate of drug-likeness (QED) is 0.541. The summed E-state index contributed by atoms with van der Waals surface area (Å²) in [5, 5.41) is 1.71. The summed E-state index contributed by atoms with van der Waals surface area (Å²) in [6.07, 6.45) is -2.25. The molecule has 1 saturated heterocycles. The number of barbiturate groups is 1. The number of alkyl halides is 1. The van der Waals surface area contributed by atoms with Crippen LogP contribution < -0.4 is 5.32 Å². The number of carbonyl (C=O) groups is 3. The first-order valence-corrected chi connectivity index (χ1v) is 3.38. The standard InChI is InChI=1S/C6H7FN2O3/c1-2-9-5(11)3(7)4(10)8-6(9)12/h3H,2H2,1H3,(H,8,10,12). The average Bonchev–Trinajstić information content (AvgIpc) is 2.01. The van der Waals surface area contributed by atoms with Gasteiger partial charge in [0.25, 0.3) is 18.0 Å². The Morgan fingerprint density at radius 1 is 1.50 bits per heavy atom. The zero-order chi connectivity index (χ0) is 9.30. The topological polar surface area (TPSA) is 66.5 Å². The minimum atomic E-state index is -2.25. The minimum Gasteiger partial charge on any atom is -0.275 e. The number of urea groups is 1. The summed E-state index contributed by atoms with van der Waals surface area (Å²) < 4.78 is 12.6. The van der Waals surface area contributed by atoms with Crippen LogP contribution in [0.4, 0.5) is 9.18 Å². The van der Waals surface area contributed by atoms with Crippen LogP contribution in [0.3, 0.4) is 0 Å². The number of nitrogens with zero attached hydrogens (tertiary/aromatic N) is 1. The van der Waals surface area contributed by atoms with Gasteiger partial charge in [-0.1, -0.05) is 0 Å². The van der Waals surface area contributed by atoms with Crippen molar-refractivity contribution in [1.82, 2.24) is 10.2 Å². The molecule has 0 aromatic carbocycles. The molecule has 0 saturated carbocycles. The Morgan fingerprint density at radius 3 is 2.58 bits per heavy atom. The van der Waals surface area contributed by atoms with Crippen LogP contribution in [0.5, 0.6) is 0 Å². The zero-order valence-electron chi connectivity index (χ0n) is 6.33. The van der Waals surface area contributed by atoms with Gasteiger partial charge in [-0.25, -0.2) is 9.18 Å². The van der Waals surface area contributed by atoms with Crippen molar-refractivity contribution in [3.8, 4) is 0 Å². The molecule has 1 rings (SSSR count). The molecule has 0 bridgehead atoms. The number of hydrogen-bond acceptors (Lipinski definition) is 3. The summed E-state index contributed by atoms with van der Waals surface area (Å²) >= 11 is 0. The van der Waals surface area contributed by atoms with E-state index in [1.165, 1.54) is 6.92 Å². The predicted octanol–water partition coefficient (Wildman–Crippen LogP) is -0.577. The van der Waals surface area contributed by atoms with Gasteiger partial charge in [0.05, 0.1) is 0 Å². The fraction of sp³-hybridized carbons (Fsp3) is 0.500. The number of halogens is 1. The largest absolute Gasteiger partial charge is 0.330 e. The molecular weight excluding hydrogens is 167 g/mol. The van der Waals surface area contributed by atoms with Crippen LogP contribution >= 0.6 is 0 Å². The number of amides is 4. The first kappa shape index (κ1) is 8.63. The lowest BCUT2D eigenvalue weighted by atomic mass is 10.2. The van der Waals surface area contributed by atoms with Crippen molar-refractivity contribution in [2.75, 3.05) is 6.54 Å². The molecule has 12 heavy (non-hydrogen) atoms. The summed E-state index contributed by atoms with van der Waals surface area (Å²) in [5.41, 5.74) is 0. The molecule has 4 amide bonds. The van der Waals surface area contributed by atoms with E-state index in [1.807, 2.05) is 0 Å². The van der Waals surface area contributed by atoms with E-state index < -0.39 is 24.0 Å². The highest BCUT2D eigenvalue weighted by Gasteiger charge is 2.39. The summed E-state index contributed by atoms with van der Waals surface area (Å²) in [7, 11) is 0. The van der Waals surface area contributed by atoms with Gasteiger partial charge in [-0.2, -0.15) is 0 Å². The molecule has 1 heterocycles. The van der Waals surface area contributed by atoms with Gasteiger partial charge in [-0.15, -0.1) is 0 Å². The molecule has 1 aliphatic heterocycles. The third-order valence-corrected chi connectivity index (χ3v) is 1.50. The molecule has 1 unspecified atom stereocenters. The zero-order valence-corrected chi connectivity index (χ0v) is 6.33. The Labute approximate surface area is 67.5 Å². The highest BCUT2D eigenvalue weighted by atomic mass is 19.1. The monoisotopic (exact) mass is 174 g/mol.